The second kappa shape index (κ2) is 5.59. The Hall–Kier alpha value is -0.254. The summed E-state index contributed by atoms with van der Waals surface area (Å²) in [5.74, 6) is -1.83. The van der Waals surface area contributed by atoms with Crippen LogP contribution in [0.3, 0.4) is 0 Å². The molecule has 0 N–H and O–H groups in total. The van der Waals surface area contributed by atoms with E-state index in [1.165, 1.54) is 18.2 Å². The topological polar surface area (TPSA) is 96.4 Å². The van der Waals surface area contributed by atoms with Crippen LogP contribution in [0, 0.1) is 10.1 Å². The first-order valence-electron chi connectivity index (χ1n) is 4.08. The maximum Gasteiger partial charge on any atom is 1.00 e. The van der Waals surface area contributed by atoms with Gasteiger partial charge >= 0.3 is 51.4 Å². The first-order valence-corrected chi connectivity index (χ1v) is 4.87. The minimum Gasteiger partial charge on any atom is -0.542 e. The number of nitro benzene ring substituents is 1. The number of carbonyl (C=O) groups is 1. The summed E-state index contributed by atoms with van der Waals surface area (Å²) in [5, 5.41) is 21.4. The van der Waals surface area contributed by atoms with Crippen molar-refractivity contribution in [2.24, 2.45) is 0 Å². The average Bonchev–Trinajstić information content (AvgIpc) is 2.61. The number of carboxylic acids is 1. The largest absolute Gasteiger partial charge is 1.00 e. The predicted molar refractivity (Wildman–Crippen MR) is 54.9 cm³/mol. The molecule has 2 aromatic rings. The SMILES string of the molecule is O=C([O-])c1cc2cc([N+](=O)[O-])cc(Br)c2o1.[K+]. The van der Waals surface area contributed by atoms with E-state index < -0.39 is 10.9 Å². The molecule has 0 amide bonds. The van der Waals surface area contributed by atoms with Crippen LogP contribution in [0.4, 0.5) is 5.69 Å². The maximum atomic E-state index is 10.6. The number of benzene rings is 1. The third kappa shape index (κ3) is 2.95. The summed E-state index contributed by atoms with van der Waals surface area (Å²) in [6.45, 7) is 0. The van der Waals surface area contributed by atoms with Gasteiger partial charge in [0.05, 0.1) is 9.40 Å². The number of furan rings is 1. The van der Waals surface area contributed by atoms with E-state index in [0.29, 0.717) is 9.86 Å². The summed E-state index contributed by atoms with van der Waals surface area (Å²) >= 11 is 3.07. The summed E-state index contributed by atoms with van der Waals surface area (Å²) in [7, 11) is 0. The number of aromatic carboxylic acids is 1. The fourth-order valence-electron chi connectivity index (χ4n) is 1.30. The summed E-state index contributed by atoms with van der Waals surface area (Å²) in [6, 6.07) is 3.66. The third-order valence-electron chi connectivity index (χ3n) is 1.97. The van der Waals surface area contributed by atoms with E-state index in [-0.39, 0.29) is 68.4 Å². The zero-order valence-corrected chi connectivity index (χ0v) is 13.3. The molecule has 1 aromatic heterocycles. The fraction of sp³-hybridized carbons (Fsp3) is 0. The molecule has 8 heteroatoms. The molecule has 0 aliphatic heterocycles. The van der Waals surface area contributed by atoms with Gasteiger partial charge in [0.15, 0.2) is 5.76 Å². The van der Waals surface area contributed by atoms with Gasteiger partial charge in [0.2, 0.25) is 0 Å². The molecule has 0 aliphatic carbocycles. The molecule has 0 fully saturated rings. The number of hydrogen-bond donors (Lipinski definition) is 0. The Morgan fingerprint density at radius 1 is 1.35 bits per heavy atom. The van der Waals surface area contributed by atoms with E-state index in [4.69, 9.17) is 4.42 Å². The van der Waals surface area contributed by atoms with Gasteiger partial charge in [0.25, 0.3) is 5.69 Å². The van der Waals surface area contributed by atoms with Crippen molar-refractivity contribution in [2.45, 2.75) is 0 Å². The molecule has 0 bridgehead atoms. The molecule has 0 spiro atoms. The molecule has 17 heavy (non-hydrogen) atoms. The minimum atomic E-state index is -1.47. The maximum absolute atomic E-state index is 10.6. The molecule has 0 saturated carbocycles. The molecule has 0 unspecified atom stereocenters. The Morgan fingerprint density at radius 3 is 2.53 bits per heavy atom. The van der Waals surface area contributed by atoms with Gasteiger partial charge in [-0.05, 0) is 22.0 Å². The van der Waals surface area contributed by atoms with Crippen molar-refractivity contribution < 1.29 is 70.6 Å². The second-order valence-electron chi connectivity index (χ2n) is 3.00. The molecule has 2 rings (SSSR count). The number of hydrogen-bond acceptors (Lipinski definition) is 5. The molecule has 0 saturated heterocycles. The number of halogens is 1. The Bertz CT molecular complexity index is 609. The number of nitrogens with zero attached hydrogens (tertiary/aromatic N) is 1. The predicted octanol–water partition coefficient (Wildman–Crippen LogP) is -1.53. The molecule has 1 heterocycles. The van der Waals surface area contributed by atoms with Gasteiger partial charge in [0, 0.05) is 17.5 Å². The van der Waals surface area contributed by atoms with Crippen LogP contribution >= 0.6 is 15.9 Å². The summed E-state index contributed by atoms with van der Waals surface area (Å²) < 4.78 is 5.29. The molecule has 0 atom stereocenters. The number of fused-ring (bicyclic) bond motifs is 1. The molecule has 1 aromatic carbocycles. The van der Waals surface area contributed by atoms with Crippen LogP contribution < -0.4 is 56.5 Å². The molecule has 6 nitrogen and oxygen atoms in total. The Balaban J connectivity index is 0.00000144. The van der Waals surface area contributed by atoms with E-state index in [1.54, 1.807) is 0 Å². The van der Waals surface area contributed by atoms with Crippen LogP contribution in [-0.2, 0) is 0 Å². The monoisotopic (exact) mass is 323 g/mol. The molecule has 82 valence electrons. The van der Waals surface area contributed by atoms with Gasteiger partial charge < -0.3 is 14.3 Å². The molecule has 0 radical (unpaired) electrons. The zero-order chi connectivity index (χ0) is 11.9. The number of carboxylic acid groups (broad SMARTS) is 1. The van der Waals surface area contributed by atoms with Crippen LogP contribution in [0.2, 0.25) is 0 Å². The summed E-state index contributed by atoms with van der Waals surface area (Å²) in [5.41, 5.74) is 0.0925. The summed E-state index contributed by atoms with van der Waals surface area (Å²) in [4.78, 5) is 20.5. The van der Waals surface area contributed by atoms with Gasteiger partial charge in [-0.15, -0.1) is 0 Å². The van der Waals surface area contributed by atoms with Crippen molar-refractivity contribution in [3.63, 3.8) is 0 Å². The van der Waals surface area contributed by atoms with Gasteiger partial charge in [-0.25, -0.2) is 0 Å². The number of rotatable bonds is 2. The van der Waals surface area contributed by atoms with Crippen molar-refractivity contribution in [1.82, 2.24) is 0 Å². The van der Waals surface area contributed by atoms with E-state index in [0.717, 1.165) is 0 Å². The number of nitro groups is 1. The quantitative estimate of drug-likeness (QED) is 0.379. The van der Waals surface area contributed by atoms with E-state index in [1.807, 2.05) is 0 Å². The second-order valence-corrected chi connectivity index (χ2v) is 3.86. The minimum absolute atomic E-state index is 0. The van der Waals surface area contributed by atoms with Crippen LogP contribution in [-0.4, -0.2) is 10.9 Å². The van der Waals surface area contributed by atoms with Crippen molar-refractivity contribution in [3.8, 4) is 0 Å². The normalized spacial score (nSPS) is 9.94. The first-order chi connectivity index (χ1) is 7.49. The van der Waals surface area contributed by atoms with Gasteiger partial charge in [-0.3, -0.25) is 10.1 Å². The molecule has 0 aliphatic rings. The van der Waals surface area contributed by atoms with E-state index in [9.17, 15) is 20.0 Å². The smallest absolute Gasteiger partial charge is 0.542 e. The third-order valence-corrected chi connectivity index (χ3v) is 2.56. The summed E-state index contributed by atoms with van der Waals surface area (Å²) in [6.07, 6.45) is 0. The van der Waals surface area contributed by atoms with Crippen LogP contribution in [0.25, 0.3) is 11.0 Å². The van der Waals surface area contributed by atoms with E-state index >= 15 is 0 Å². The van der Waals surface area contributed by atoms with Crippen molar-refractivity contribution in [2.75, 3.05) is 0 Å². The number of carbonyl (C=O) groups excluding carboxylic acids is 1. The number of non-ortho nitro benzene ring substituents is 1. The van der Waals surface area contributed by atoms with Gasteiger partial charge in [0.1, 0.15) is 11.6 Å². The fourth-order valence-corrected chi connectivity index (χ4v) is 1.85. The van der Waals surface area contributed by atoms with Crippen LogP contribution in [0.1, 0.15) is 10.6 Å². The van der Waals surface area contributed by atoms with Crippen LogP contribution in [0.15, 0.2) is 27.1 Å². The van der Waals surface area contributed by atoms with Gasteiger partial charge in [-0.2, -0.15) is 0 Å². The zero-order valence-electron chi connectivity index (χ0n) is 8.60. The first kappa shape index (κ1) is 14.8. The van der Waals surface area contributed by atoms with Crippen molar-refractivity contribution in [1.29, 1.82) is 0 Å². The van der Waals surface area contributed by atoms with E-state index in [2.05, 4.69) is 15.9 Å². The standard InChI is InChI=1S/C9H4BrNO5.K/c10-6-3-5(11(14)15)1-4-2-7(9(12)13)16-8(4)6;/h1-3H,(H,12,13);/q;+1/p-1. The Kier molecular flexibility index (Phi) is 4.87. The Morgan fingerprint density at radius 2 is 2.00 bits per heavy atom. The van der Waals surface area contributed by atoms with Crippen molar-refractivity contribution >= 4 is 38.6 Å². The van der Waals surface area contributed by atoms with Crippen molar-refractivity contribution in [3.05, 3.63) is 38.5 Å². The Labute approximate surface area is 146 Å². The van der Waals surface area contributed by atoms with Crippen LogP contribution in [0.5, 0.6) is 0 Å². The molecular weight excluding hydrogens is 321 g/mol. The average molecular weight is 324 g/mol. The van der Waals surface area contributed by atoms with Gasteiger partial charge in [-0.1, -0.05) is 0 Å². The molecular formula is C9H3BrKNO5.